The molecule has 0 spiro atoms. The Hall–Kier alpha value is -4.29. The number of carbonyl (C=O) groups is 5. The SMILES string of the molecule is CC(C)(C)OC(=O)NN(C(=O)[C@@H](C[C@H](Cl)CO[Si](c1ccccc1)(c1ccccc1)C(C)(C)C)N(NC(=O)OCc1ccccc1)C(=O)OCC(Cl)(Cl)Cl)[C@H]1C[C@@H](CO)OC1=O. The van der Waals surface area contributed by atoms with Gasteiger partial charge in [0, 0.05) is 6.42 Å². The Bertz CT molecular complexity index is 1930. The van der Waals surface area contributed by atoms with E-state index in [9.17, 15) is 24.3 Å². The third kappa shape index (κ3) is 14.1. The third-order valence-electron chi connectivity index (χ3n) is 9.36. The standard InChI is InChI=1S/C42H52Cl4N4O11Si/c1-40(2,3)61-38(55)48-49(34-23-30(24-51)60-36(34)53)35(52)33(50(39(56)58-27-42(44,45)46)47-37(54)57-25-28-16-10-7-11-17-28)22-29(43)26-59-62(41(4,5)6,31-18-12-8-13-19-31)32-20-14-9-15-21-32/h7-21,29-30,33-34,51H,22-27H2,1-6H3,(H,47,54)(H,48,55)/t29-,30-,33+,34-/m0/s1. The quantitative estimate of drug-likeness (QED) is 0.0526. The van der Waals surface area contributed by atoms with E-state index < -0.39 is 96.1 Å². The molecule has 0 unspecified atom stereocenters. The maximum absolute atomic E-state index is 15.1. The van der Waals surface area contributed by atoms with Gasteiger partial charge in [0.2, 0.25) is 3.79 Å². The second kappa shape index (κ2) is 21.9. The Morgan fingerprint density at radius 3 is 1.87 bits per heavy atom. The number of nitrogens with zero attached hydrogens (tertiary/aromatic N) is 2. The monoisotopic (exact) mass is 956 g/mol. The number of alkyl halides is 4. The van der Waals surface area contributed by atoms with Crippen molar-refractivity contribution in [3.63, 3.8) is 0 Å². The number of carbonyl (C=O) groups excluding carboxylic acids is 5. The molecule has 4 amide bonds. The van der Waals surface area contributed by atoms with Crippen LogP contribution in [0.2, 0.25) is 5.04 Å². The van der Waals surface area contributed by atoms with Crippen molar-refractivity contribution in [2.75, 3.05) is 19.8 Å². The van der Waals surface area contributed by atoms with Crippen LogP contribution in [0.3, 0.4) is 0 Å². The summed E-state index contributed by atoms with van der Waals surface area (Å²) in [6, 6.07) is 24.5. The van der Waals surface area contributed by atoms with Crippen molar-refractivity contribution in [1.82, 2.24) is 20.9 Å². The number of rotatable bonds is 14. The number of amides is 4. The lowest BCUT2D eigenvalue weighted by molar-refractivity contribution is -0.155. The summed E-state index contributed by atoms with van der Waals surface area (Å²) >= 11 is 24.9. The number of hydrazine groups is 2. The minimum Gasteiger partial charge on any atom is -0.458 e. The molecular weight excluding hydrogens is 906 g/mol. The molecule has 62 heavy (non-hydrogen) atoms. The second-order valence-corrected chi connectivity index (χ2v) is 23.8. The molecular formula is C42H52Cl4N4O11Si. The number of ether oxygens (including phenoxy) is 4. The van der Waals surface area contributed by atoms with Gasteiger partial charge >= 0.3 is 24.2 Å². The highest BCUT2D eigenvalue weighted by Gasteiger charge is 2.51. The summed E-state index contributed by atoms with van der Waals surface area (Å²) in [6.07, 6.45) is -5.66. The summed E-state index contributed by atoms with van der Waals surface area (Å²) < 4.78 is 26.2. The molecule has 4 rings (SSSR count). The summed E-state index contributed by atoms with van der Waals surface area (Å²) in [5.41, 5.74) is 4.08. The normalized spacial score (nSPS) is 16.6. The highest BCUT2D eigenvalue weighted by Crippen LogP contribution is 2.37. The third-order valence-corrected chi connectivity index (χ3v) is 15.0. The highest BCUT2D eigenvalue weighted by molar-refractivity contribution is 6.99. The van der Waals surface area contributed by atoms with Crippen molar-refractivity contribution in [3.05, 3.63) is 96.6 Å². The number of halogens is 4. The first kappa shape index (κ1) is 50.4. The molecule has 338 valence electrons. The summed E-state index contributed by atoms with van der Waals surface area (Å²) in [4.78, 5) is 69.2. The van der Waals surface area contributed by atoms with E-state index in [2.05, 4.69) is 31.6 Å². The Kier molecular flexibility index (Phi) is 17.8. The van der Waals surface area contributed by atoms with Gasteiger partial charge in [-0.25, -0.2) is 40.0 Å². The van der Waals surface area contributed by atoms with Gasteiger partial charge in [-0.2, -0.15) is 0 Å². The molecule has 1 aliphatic rings. The van der Waals surface area contributed by atoms with Crippen LogP contribution >= 0.6 is 46.4 Å². The number of esters is 1. The zero-order valence-corrected chi connectivity index (χ0v) is 39.2. The minimum atomic E-state index is -3.23. The maximum Gasteiger partial charge on any atom is 0.429 e. The molecule has 1 saturated heterocycles. The van der Waals surface area contributed by atoms with E-state index in [1.54, 1.807) is 51.1 Å². The predicted octanol–water partition coefficient (Wildman–Crippen LogP) is 6.52. The molecule has 3 N–H and O–H groups in total. The number of nitrogens with one attached hydrogen (secondary N) is 2. The first-order chi connectivity index (χ1) is 29.0. The lowest BCUT2D eigenvalue weighted by Gasteiger charge is -2.43. The first-order valence-electron chi connectivity index (χ1n) is 19.6. The van der Waals surface area contributed by atoms with Crippen LogP contribution in [-0.4, -0.2) is 106 Å². The molecule has 1 heterocycles. The second-order valence-electron chi connectivity index (χ2n) is 16.4. The Morgan fingerprint density at radius 2 is 1.39 bits per heavy atom. The molecule has 0 saturated carbocycles. The topological polar surface area (TPSA) is 182 Å². The van der Waals surface area contributed by atoms with Crippen LogP contribution in [0.25, 0.3) is 0 Å². The van der Waals surface area contributed by atoms with Crippen molar-refractivity contribution in [2.24, 2.45) is 0 Å². The number of aliphatic hydroxyl groups excluding tert-OH is 1. The lowest BCUT2D eigenvalue weighted by Crippen LogP contribution is -2.67. The zero-order chi connectivity index (χ0) is 45.9. The van der Waals surface area contributed by atoms with Crippen LogP contribution in [0.15, 0.2) is 91.0 Å². The maximum atomic E-state index is 15.1. The molecule has 20 heteroatoms. The van der Waals surface area contributed by atoms with E-state index in [1.807, 2.05) is 60.7 Å². The average Bonchev–Trinajstić information content (AvgIpc) is 3.59. The largest absolute Gasteiger partial charge is 0.458 e. The first-order valence-corrected chi connectivity index (χ1v) is 23.1. The van der Waals surface area contributed by atoms with Crippen LogP contribution in [0.5, 0.6) is 0 Å². The fourth-order valence-electron chi connectivity index (χ4n) is 6.73. The number of benzene rings is 3. The zero-order valence-electron chi connectivity index (χ0n) is 35.1. The number of aliphatic hydroxyl groups is 1. The van der Waals surface area contributed by atoms with Gasteiger partial charge in [-0.15, -0.1) is 11.6 Å². The van der Waals surface area contributed by atoms with E-state index in [-0.39, 0.29) is 19.6 Å². The van der Waals surface area contributed by atoms with E-state index in [0.29, 0.717) is 15.6 Å². The smallest absolute Gasteiger partial charge is 0.429 e. The number of cyclic esters (lactones) is 1. The lowest BCUT2D eigenvalue weighted by atomic mass is 10.1. The van der Waals surface area contributed by atoms with Gasteiger partial charge in [0.1, 0.15) is 31.0 Å². The Balaban J connectivity index is 1.82. The molecule has 3 aromatic carbocycles. The van der Waals surface area contributed by atoms with Gasteiger partial charge < -0.3 is 28.5 Å². The van der Waals surface area contributed by atoms with Crippen molar-refractivity contribution in [2.45, 2.75) is 99.0 Å². The van der Waals surface area contributed by atoms with Crippen molar-refractivity contribution in [3.8, 4) is 0 Å². The predicted molar refractivity (Wildman–Crippen MR) is 236 cm³/mol. The van der Waals surface area contributed by atoms with Crippen molar-refractivity contribution >= 4 is 95.3 Å². The molecule has 15 nitrogen and oxygen atoms in total. The van der Waals surface area contributed by atoms with E-state index in [4.69, 9.17) is 69.8 Å². The molecule has 0 aliphatic carbocycles. The fourth-order valence-corrected chi connectivity index (χ4v) is 11.8. The summed E-state index contributed by atoms with van der Waals surface area (Å²) in [6.45, 7) is 8.98. The van der Waals surface area contributed by atoms with Crippen molar-refractivity contribution in [1.29, 1.82) is 0 Å². The van der Waals surface area contributed by atoms with E-state index >= 15 is 4.79 Å². The number of hydrogen-bond acceptors (Lipinski definition) is 11. The minimum absolute atomic E-state index is 0.217. The van der Waals surface area contributed by atoms with Crippen LogP contribution < -0.4 is 21.2 Å². The number of hydrogen-bond donors (Lipinski definition) is 3. The Labute approximate surface area is 382 Å². The average molecular weight is 959 g/mol. The van der Waals surface area contributed by atoms with Gasteiger partial charge in [-0.05, 0) is 48.2 Å². The molecule has 0 aromatic heterocycles. The van der Waals surface area contributed by atoms with E-state index in [0.717, 1.165) is 10.4 Å². The molecule has 0 bridgehead atoms. The van der Waals surface area contributed by atoms with Crippen LogP contribution in [-0.2, 0) is 39.6 Å². The Morgan fingerprint density at radius 1 is 0.839 bits per heavy atom. The van der Waals surface area contributed by atoms with E-state index in [1.165, 1.54) is 0 Å². The van der Waals surface area contributed by atoms with Gasteiger partial charge in [0.15, 0.2) is 6.04 Å². The van der Waals surface area contributed by atoms with Crippen LogP contribution in [0, 0.1) is 0 Å². The molecule has 4 atom stereocenters. The summed E-state index contributed by atoms with van der Waals surface area (Å²) in [5, 5.41) is 11.2. The van der Waals surface area contributed by atoms with Crippen molar-refractivity contribution < 1.29 is 52.5 Å². The molecule has 1 fully saturated rings. The van der Waals surface area contributed by atoms with Crippen LogP contribution in [0.4, 0.5) is 14.4 Å². The molecule has 1 aliphatic heterocycles. The molecule has 0 radical (unpaired) electrons. The van der Waals surface area contributed by atoms with Gasteiger partial charge in [-0.1, -0.05) is 147 Å². The summed E-state index contributed by atoms with van der Waals surface area (Å²) in [7, 11) is -3.23. The van der Waals surface area contributed by atoms with Crippen LogP contribution in [0.1, 0.15) is 59.9 Å². The van der Waals surface area contributed by atoms with Gasteiger partial charge in [0.05, 0.1) is 18.6 Å². The van der Waals surface area contributed by atoms with Gasteiger partial charge in [0.25, 0.3) is 14.2 Å². The molecule has 3 aromatic rings. The highest BCUT2D eigenvalue weighted by atomic mass is 35.6. The summed E-state index contributed by atoms with van der Waals surface area (Å²) in [5.74, 6) is -2.17. The van der Waals surface area contributed by atoms with Gasteiger partial charge in [-0.3, -0.25) is 4.79 Å². The fraction of sp³-hybridized carbons (Fsp3) is 0.452.